The summed E-state index contributed by atoms with van der Waals surface area (Å²) in [4.78, 5) is 0. The van der Waals surface area contributed by atoms with E-state index < -0.39 is 0 Å². The van der Waals surface area contributed by atoms with Crippen LogP contribution in [0.4, 0.5) is 0 Å². The topological polar surface area (TPSA) is 0 Å². The van der Waals surface area contributed by atoms with E-state index in [9.17, 15) is 0 Å². The molecule has 0 fully saturated rings. The number of hydrogen-bond acceptors (Lipinski definition) is 0. The molecule has 0 aromatic rings. The highest BCUT2D eigenvalue weighted by molar-refractivity contribution is 4.85. The lowest BCUT2D eigenvalue weighted by Crippen LogP contribution is -1.83. The second-order valence-corrected chi connectivity index (χ2v) is 2.60. The summed E-state index contributed by atoms with van der Waals surface area (Å²) in [7, 11) is 0. The Morgan fingerprint density at radius 1 is 1.33 bits per heavy atom. The minimum Gasteiger partial charge on any atom is -0.0883 e. The van der Waals surface area contributed by atoms with Gasteiger partial charge in [0, 0.05) is 0 Å². The first kappa shape index (κ1) is 8.74. The molecular formula is C9H18. The summed E-state index contributed by atoms with van der Waals surface area (Å²) >= 11 is 0. The lowest BCUT2D eigenvalue weighted by Gasteiger charge is -1.97. The van der Waals surface area contributed by atoms with Crippen molar-refractivity contribution >= 4 is 0 Å². The van der Waals surface area contributed by atoms with Crippen LogP contribution in [0.5, 0.6) is 0 Å². The number of allylic oxidation sites excluding steroid dienone is 2. The van der Waals surface area contributed by atoms with Gasteiger partial charge in [-0.15, -0.1) is 0 Å². The van der Waals surface area contributed by atoms with E-state index in [2.05, 4.69) is 32.9 Å². The average molecular weight is 126 g/mol. The van der Waals surface area contributed by atoms with Crippen molar-refractivity contribution < 1.29 is 0 Å². The molecule has 1 unspecified atom stereocenters. The van der Waals surface area contributed by atoms with E-state index in [4.69, 9.17) is 0 Å². The molecule has 0 aliphatic carbocycles. The molecule has 54 valence electrons. The summed E-state index contributed by atoms with van der Waals surface area (Å²) in [5.41, 5.74) is 0. The first-order valence-electron chi connectivity index (χ1n) is 3.97. The molecule has 0 aromatic heterocycles. The van der Waals surface area contributed by atoms with Gasteiger partial charge in [0.05, 0.1) is 0 Å². The minimum atomic E-state index is 0.775. The third-order valence-corrected chi connectivity index (χ3v) is 1.56. The maximum Gasteiger partial charge on any atom is -0.0265 e. The van der Waals surface area contributed by atoms with Gasteiger partial charge in [-0.3, -0.25) is 0 Å². The number of unbranched alkanes of at least 4 members (excludes halogenated alkanes) is 1. The molecule has 9 heavy (non-hydrogen) atoms. The Balaban J connectivity index is 3.20. The molecular weight excluding hydrogens is 108 g/mol. The van der Waals surface area contributed by atoms with Gasteiger partial charge < -0.3 is 0 Å². The van der Waals surface area contributed by atoms with Gasteiger partial charge in [-0.1, -0.05) is 45.8 Å². The molecule has 0 N–H and O–H groups in total. The third-order valence-electron chi connectivity index (χ3n) is 1.56. The number of hydrogen-bond donors (Lipinski definition) is 0. The van der Waals surface area contributed by atoms with Crippen molar-refractivity contribution in [3.63, 3.8) is 0 Å². The molecule has 0 spiro atoms. The fourth-order valence-corrected chi connectivity index (χ4v) is 0.631. The average Bonchev–Trinajstić information content (AvgIpc) is 1.89. The maximum absolute atomic E-state index is 2.31. The van der Waals surface area contributed by atoms with E-state index in [-0.39, 0.29) is 0 Å². The maximum atomic E-state index is 2.31. The van der Waals surface area contributed by atoms with Crippen molar-refractivity contribution in [2.75, 3.05) is 0 Å². The Kier molecular flexibility index (Phi) is 5.70. The zero-order chi connectivity index (χ0) is 7.11. The highest BCUT2D eigenvalue weighted by Gasteiger charge is 1.87. The summed E-state index contributed by atoms with van der Waals surface area (Å²) in [6.07, 6.45) is 8.37. The van der Waals surface area contributed by atoms with E-state index in [1.807, 2.05) is 0 Å². The quantitative estimate of drug-likeness (QED) is 0.506. The number of rotatable bonds is 4. The molecule has 0 heterocycles. The monoisotopic (exact) mass is 126 g/mol. The van der Waals surface area contributed by atoms with Gasteiger partial charge in [0.1, 0.15) is 0 Å². The van der Waals surface area contributed by atoms with Gasteiger partial charge in [0.15, 0.2) is 0 Å². The summed E-state index contributed by atoms with van der Waals surface area (Å²) in [5.74, 6) is 0.775. The van der Waals surface area contributed by atoms with Crippen molar-refractivity contribution in [3.05, 3.63) is 12.2 Å². The van der Waals surface area contributed by atoms with Crippen molar-refractivity contribution in [3.8, 4) is 0 Å². The fourth-order valence-electron chi connectivity index (χ4n) is 0.631. The largest absolute Gasteiger partial charge is 0.0883 e. The van der Waals surface area contributed by atoms with E-state index in [1.54, 1.807) is 0 Å². The molecule has 1 atom stereocenters. The molecule has 0 rings (SSSR count). The van der Waals surface area contributed by atoms with Gasteiger partial charge in [-0.05, 0) is 12.3 Å². The van der Waals surface area contributed by atoms with Crippen molar-refractivity contribution in [1.29, 1.82) is 0 Å². The summed E-state index contributed by atoms with van der Waals surface area (Å²) in [5, 5.41) is 0. The normalized spacial score (nSPS) is 14.6. The van der Waals surface area contributed by atoms with E-state index in [1.165, 1.54) is 19.3 Å². The molecule has 0 aromatic carbocycles. The van der Waals surface area contributed by atoms with Crippen LogP contribution in [0.3, 0.4) is 0 Å². The van der Waals surface area contributed by atoms with Crippen LogP contribution in [0.1, 0.15) is 40.0 Å². The van der Waals surface area contributed by atoms with Gasteiger partial charge in [-0.25, -0.2) is 0 Å². The van der Waals surface area contributed by atoms with Crippen molar-refractivity contribution in [2.45, 2.75) is 40.0 Å². The fraction of sp³-hybridized carbons (Fsp3) is 0.778. The Morgan fingerprint density at radius 3 is 2.44 bits per heavy atom. The van der Waals surface area contributed by atoms with Gasteiger partial charge in [0.2, 0.25) is 0 Å². The molecule has 0 saturated carbocycles. The summed E-state index contributed by atoms with van der Waals surface area (Å²) in [6, 6.07) is 0. The van der Waals surface area contributed by atoms with Crippen LogP contribution < -0.4 is 0 Å². The molecule has 0 aliphatic heterocycles. The first-order chi connectivity index (χ1) is 4.31. The smallest absolute Gasteiger partial charge is 0.0265 e. The molecule has 0 amide bonds. The molecule has 0 saturated heterocycles. The zero-order valence-electron chi connectivity index (χ0n) is 6.85. The zero-order valence-corrected chi connectivity index (χ0v) is 6.85. The molecule has 0 bridgehead atoms. The molecule has 0 radical (unpaired) electrons. The molecule has 0 heteroatoms. The Bertz CT molecular complexity index is 72.1. The van der Waals surface area contributed by atoms with Crippen LogP contribution in [0.25, 0.3) is 0 Å². The summed E-state index contributed by atoms with van der Waals surface area (Å²) in [6.45, 7) is 6.69. The third kappa shape index (κ3) is 5.61. The molecule has 0 aliphatic rings. The Labute approximate surface area is 59.0 Å². The second-order valence-electron chi connectivity index (χ2n) is 2.60. The van der Waals surface area contributed by atoms with Crippen LogP contribution >= 0.6 is 0 Å². The van der Waals surface area contributed by atoms with Gasteiger partial charge in [0.25, 0.3) is 0 Å². The summed E-state index contributed by atoms with van der Waals surface area (Å²) < 4.78 is 0. The minimum absolute atomic E-state index is 0.775. The standard InChI is InChI=1S/C9H18/c1-4-6-7-8-9(3)5-2/h7-9H,4-6H2,1-3H3/b8-7+. The second kappa shape index (κ2) is 5.87. The van der Waals surface area contributed by atoms with E-state index in [0.29, 0.717) is 0 Å². The SMILES string of the molecule is CCC/C=C/C(C)CC. The lowest BCUT2D eigenvalue weighted by atomic mass is 10.1. The Hall–Kier alpha value is -0.260. The van der Waals surface area contributed by atoms with E-state index >= 15 is 0 Å². The first-order valence-corrected chi connectivity index (χ1v) is 3.97. The van der Waals surface area contributed by atoms with Crippen LogP contribution in [-0.4, -0.2) is 0 Å². The highest BCUT2D eigenvalue weighted by atomic mass is 13.9. The van der Waals surface area contributed by atoms with Crippen molar-refractivity contribution in [1.82, 2.24) is 0 Å². The predicted octanol–water partition coefficient (Wildman–Crippen LogP) is 3.39. The van der Waals surface area contributed by atoms with Crippen LogP contribution in [0, 0.1) is 5.92 Å². The van der Waals surface area contributed by atoms with Gasteiger partial charge in [-0.2, -0.15) is 0 Å². The lowest BCUT2D eigenvalue weighted by molar-refractivity contribution is 0.694. The van der Waals surface area contributed by atoms with Crippen LogP contribution in [0.15, 0.2) is 12.2 Å². The molecule has 0 nitrogen and oxygen atoms in total. The van der Waals surface area contributed by atoms with Gasteiger partial charge >= 0.3 is 0 Å². The van der Waals surface area contributed by atoms with Crippen molar-refractivity contribution in [2.24, 2.45) is 5.92 Å². The van der Waals surface area contributed by atoms with Crippen LogP contribution in [0.2, 0.25) is 0 Å². The van der Waals surface area contributed by atoms with Crippen LogP contribution in [-0.2, 0) is 0 Å². The predicted molar refractivity (Wildman–Crippen MR) is 43.5 cm³/mol. The Morgan fingerprint density at radius 2 is 2.00 bits per heavy atom. The van der Waals surface area contributed by atoms with E-state index in [0.717, 1.165) is 5.92 Å². The highest BCUT2D eigenvalue weighted by Crippen LogP contribution is 2.02.